The third-order valence-electron chi connectivity index (χ3n) is 4.16. The van der Waals surface area contributed by atoms with E-state index < -0.39 is 20.0 Å². The molecule has 0 spiro atoms. The molecule has 1 N–H and O–H groups in total. The van der Waals surface area contributed by atoms with Gasteiger partial charge in [-0.05, 0) is 6.42 Å². The van der Waals surface area contributed by atoms with Crippen LogP contribution in [-0.4, -0.2) is 70.3 Å². The maximum Gasteiger partial charge on any atom is 0.265 e. The Balaban J connectivity index is 2.64. The monoisotopic (exact) mass is 328 g/mol. The van der Waals surface area contributed by atoms with E-state index >= 15 is 0 Å². The van der Waals surface area contributed by atoms with E-state index in [0.717, 1.165) is 19.5 Å². The van der Waals surface area contributed by atoms with E-state index in [0.29, 0.717) is 23.4 Å². The Kier molecular flexibility index (Phi) is 5.62. The van der Waals surface area contributed by atoms with E-state index in [-0.39, 0.29) is 17.4 Å². The third-order valence-corrected chi connectivity index (χ3v) is 6.00. The van der Waals surface area contributed by atoms with Crippen LogP contribution in [0.5, 0.6) is 0 Å². The standard InChI is InChI=1S/C12H25NO5S2/c1-4-11-8-13(2,6-5-7-20(16,17)18)9-12(11)10-19(3,14)15/h11-12H,4-10H2,1-3H3/p+1. The summed E-state index contributed by atoms with van der Waals surface area (Å²) in [6.45, 7) is 4.35. The van der Waals surface area contributed by atoms with Gasteiger partial charge in [-0.1, -0.05) is 6.92 Å². The van der Waals surface area contributed by atoms with Crippen LogP contribution in [0.25, 0.3) is 0 Å². The van der Waals surface area contributed by atoms with Gasteiger partial charge in [0.15, 0.2) is 0 Å². The number of rotatable bonds is 7. The summed E-state index contributed by atoms with van der Waals surface area (Å²) < 4.78 is 53.9. The molecule has 0 aromatic carbocycles. The van der Waals surface area contributed by atoms with E-state index in [1.807, 2.05) is 7.05 Å². The van der Waals surface area contributed by atoms with Crippen molar-refractivity contribution in [3.63, 3.8) is 0 Å². The van der Waals surface area contributed by atoms with Crippen LogP contribution in [0.3, 0.4) is 0 Å². The van der Waals surface area contributed by atoms with E-state index in [4.69, 9.17) is 4.55 Å². The molecule has 0 aliphatic carbocycles. The van der Waals surface area contributed by atoms with Crippen LogP contribution in [0.15, 0.2) is 0 Å². The minimum Gasteiger partial charge on any atom is -0.326 e. The smallest absolute Gasteiger partial charge is 0.265 e. The first-order valence-corrected chi connectivity index (χ1v) is 10.6. The van der Waals surface area contributed by atoms with Crippen molar-refractivity contribution in [1.29, 1.82) is 0 Å². The highest BCUT2D eigenvalue weighted by molar-refractivity contribution is 7.90. The molecule has 0 aromatic rings. The summed E-state index contributed by atoms with van der Waals surface area (Å²) >= 11 is 0. The summed E-state index contributed by atoms with van der Waals surface area (Å²) in [7, 11) is -4.86. The van der Waals surface area contributed by atoms with Gasteiger partial charge >= 0.3 is 0 Å². The van der Waals surface area contributed by atoms with Gasteiger partial charge in [-0.3, -0.25) is 4.55 Å². The second-order valence-corrected chi connectivity index (χ2v) is 10.1. The minimum atomic E-state index is -3.91. The number of nitrogens with zero attached hydrogens (tertiary/aromatic N) is 1. The van der Waals surface area contributed by atoms with Gasteiger partial charge in [0.2, 0.25) is 0 Å². The first-order valence-electron chi connectivity index (χ1n) is 6.90. The van der Waals surface area contributed by atoms with Crippen LogP contribution in [0.4, 0.5) is 0 Å². The summed E-state index contributed by atoms with van der Waals surface area (Å²) in [5.41, 5.74) is 0. The van der Waals surface area contributed by atoms with Gasteiger partial charge in [-0.25, -0.2) is 8.42 Å². The van der Waals surface area contributed by atoms with Gasteiger partial charge in [0.1, 0.15) is 9.84 Å². The molecule has 120 valence electrons. The summed E-state index contributed by atoms with van der Waals surface area (Å²) in [6.07, 6.45) is 2.60. The van der Waals surface area contributed by atoms with Gasteiger partial charge in [0.05, 0.1) is 38.2 Å². The lowest BCUT2D eigenvalue weighted by Gasteiger charge is -2.30. The Morgan fingerprint density at radius 2 is 1.70 bits per heavy atom. The number of sulfone groups is 1. The first kappa shape index (κ1) is 17.9. The van der Waals surface area contributed by atoms with Crippen LogP contribution in [0, 0.1) is 11.8 Å². The summed E-state index contributed by atoms with van der Waals surface area (Å²) in [6, 6.07) is 0. The Hall–Kier alpha value is -0.180. The van der Waals surface area contributed by atoms with Crippen LogP contribution < -0.4 is 0 Å². The molecular formula is C12H26NO5S2+. The van der Waals surface area contributed by atoms with Gasteiger partial charge in [0.25, 0.3) is 10.1 Å². The number of hydrogen-bond acceptors (Lipinski definition) is 4. The van der Waals surface area contributed by atoms with Crippen LogP contribution in [-0.2, 0) is 20.0 Å². The van der Waals surface area contributed by atoms with Crippen LogP contribution in [0.1, 0.15) is 19.8 Å². The lowest BCUT2D eigenvalue weighted by Crippen LogP contribution is -2.43. The van der Waals surface area contributed by atoms with Gasteiger partial charge in [0, 0.05) is 24.5 Å². The largest absolute Gasteiger partial charge is 0.326 e. The highest BCUT2D eigenvalue weighted by atomic mass is 32.2. The topological polar surface area (TPSA) is 88.5 Å². The van der Waals surface area contributed by atoms with Gasteiger partial charge in [-0.15, -0.1) is 0 Å². The van der Waals surface area contributed by atoms with E-state index in [9.17, 15) is 16.8 Å². The van der Waals surface area contributed by atoms with Crippen molar-refractivity contribution < 1.29 is 25.9 Å². The summed E-state index contributed by atoms with van der Waals surface area (Å²) in [5, 5.41) is 0. The average Bonchev–Trinajstić information content (AvgIpc) is 2.50. The lowest BCUT2D eigenvalue weighted by molar-refractivity contribution is -0.900. The maximum atomic E-state index is 11.5. The van der Waals surface area contributed by atoms with Crippen LogP contribution >= 0.6 is 0 Å². The summed E-state index contributed by atoms with van der Waals surface area (Å²) in [4.78, 5) is 0. The molecule has 3 unspecified atom stereocenters. The molecular weight excluding hydrogens is 302 g/mol. The molecule has 3 atom stereocenters. The van der Waals surface area contributed by atoms with Crippen molar-refractivity contribution in [2.45, 2.75) is 19.8 Å². The zero-order chi connectivity index (χ0) is 15.6. The minimum absolute atomic E-state index is 0.144. The third kappa shape index (κ3) is 6.07. The molecule has 1 rings (SSSR count). The molecule has 0 saturated carbocycles. The van der Waals surface area contributed by atoms with Gasteiger partial charge < -0.3 is 4.48 Å². The predicted molar refractivity (Wildman–Crippen MR) is 78.8 cm³/mol. The van der Waals surface area contributed by atoms with Gasteiger partial charge in [-0.2, -0.15) is 8.42 Å². The molecule has 20 heavy (non-hydrogen) atoms. The Labute approximate surface area is 122 Å². The van der Waals surface area contributed by atoms with Crippen molar-refractivity contribution in [1.82, 2.24) is 0 Å². The van der Waals surface area contributed by atoms with Crippen molar-refractivity contribution in [2.75, 3.05) is 44.4 Å². The average molecular weight is 328 g/mol. The molecule has 1 aliphatic rings. The Bertz CT molecular complexity index is 528. The number of quaternary nitrogens is 1. The molecule has 0 aromatic heterocycles. The second kappa shape index (κ2) is 6.29. The predicted octanol–water partition coefficient (Wildman–Crippen LogP) is 0.412. The molecule has 0 radical (unpaired) electrons. The van der Waals surface area contributed by atoms with E-state index in [2.05, 4.69) is 6.92 Å². The van der Waals surface area contributed by atoms with Crippen molar-refractivity contribution in [2.24, 2.45) is 11.8 Å². The van der Waals surface area contributed by atoms with Crippen molar-refractivity contribution >= 4 is 20.0 Å². The van der Waals surface area contributed by atoms with E-state index in [1.54, 1.807) is 0 Å². The molecule has 0 bridgehead atoms. The number of likely N-dealkylation sites (tertiary alicyclic amines) is 1. The molecule has 0 amide bonds. The molecule has 1 saturated heterocycles. The Morgan fingerprint density at radius 1 is 1.15 bits per heavy atom. The fourth-order valence-corrected chi connectivity index (χ4v) is 5.01. The molecule has 1 aliphatic heterocycles. The van der Waals surface area contributed by atoms with E-state index in [1.165, 1.54) is 6.26 Å². The first-order chi connectivity index (χ1) is 8.94. The SMILES string of the molecule is CCC1C[N+](C)(CCCS(=O)(=O)O)CC1CS(C)(=O)=O. The molecule has 1 fully saturated rings. The molecule has 6 nitrogen and oxygen atoms in total. The zero-order valence-electron chi connectivity index (χ0n) is 12.4. The fraction of sp³-hybridized carbons (Fsp3) is 1.00. The molecule has 1 heterocycles. The second-order valence-electron chi connectivity index (χ2n) is 6.37. The highest BCUT2D eigenvalue weighted by Gasteiger charge is 2.42. The summed E-state index contributed by atoms with van der Waals surface area (Å²) in [5.74, 6) is 0.484. The van der Waals surface area contributed by atoms with Crippen molar-refractivity contribution in [3.05, 3.63) is 0 Å². The quantitative estimate of drug-likeness (QED) is 0.540. The van der Waals surface area contributed by atoms with Crippen molar-refractivity contribution in [3.8, 4) is 0 Å². The number of hydrogen-bond donors (Lipinski definition) is 1. The normalized spacial score (nSPS) is 31.6. The zero-order valence-corrected chi connectivity index (χ0v) is 14.1. The van der Waals surface area contributed by atoms with Crippen LogP contribution in [0.2, 0.25) is 0 Å². The lowest BCUT2D eigenvalue weighted by atomic mass is 9.96. The maximum absolute atomic E-state index is 11.5. The fourth-order valence-electron chi connectivity index (χ4n) is 3.36. The Morgan fingerprint density at radius 3 is 2.15 bits per heavy atom. The molecule has 8 heteroatoms. The highest BCUT2D eigenvalue weighted by Crippen LogP contribution is 2.31.